The van der Waals surface area contributed by atoms with E-state index in [0.29, 0.717) is 0 Å². The van der Waals surface area contributed by atoms with Gasteiger partial charge < -0.3 is 5.32 Å². The molecule has 0 spiro atoms. The first-order valence-corrected chi connectivity index (χ1v) is 5.05. The molecule has 2 heteroatoms. The molecule has 0 atom stereocenters. The fourth-order valence-corrected chi connectivity index (χ4v) is 1.54. The average Bonchev–Trinajstić information content (AvgIpc) is 2.98. The van der Waals surface area contributed by atoms with E-state index in [1.54, 1.807) is 0 Å². The van der Waals surface area contributed by atoms with E-state index in [1.165, 1.54) is 12.8 Å². The minimum absolute atomic E-state index is 0.785. The van der Waals surface area contributed by atoms with Crippen molar-refractivity contribution in [2.45, 2.75) is 19.8 Å². The van der Waals surface area contributed by atoms with E-state index in [-0.39, 0.29) is 0 Å². The Balaban J connectivity index is 2.14. The Labute approximate surface area is 84.6 Å². The molecule has 0 unspecified atom stereocenters. The number of nitrogens with one attached hydrogen (secondary N) is 1. The number of hydrogen-bond donors (Lipinski definition) is 1. The Morgan fingerprint density at radius 3 is 2.93 bits per heavy atom. The van der Waals surface area contributed by atoms with Crippen LogP contribution >= 0.6 is 0 Å². The van der Waals surface area contributed by atoms with Gasteiger partial charge in [-0.3, -0.25) is 0 Å². The minimum atomic E-state index is 0.785. The quantitative estimate of drug-likeness (QED) is 0.787. The summed E-state index contributed by atoms with van der Waals surface area (Å²) < 4.78 is 0. The van der Waals surface area contributed by atoms with Gasteiger partial charge in [-0.2, -0.15) is 5.26 Å². The fraction of sp³-hybridized carbons (Fsp3) is 0.417. The number of hydrogen-bond acceptors (Lipinski definition) is 2. The highest BCUT2D eigenvalue weighted by Crippen LogP contribution is 2.29. The smallest absolute Gasteiger partial charge is 0.102 e. The highest BCUT2D eigenvalue weighted by atomic mass is 14.9. The van der Waals surface area contributed by atoms with Crippen LogP contribution in [0.3, 0.4) is 0 Å². The van der Waals surface area contributed by atoms with Gasteiger partial charge in [-0.05, 0) is 37.3 Å². The summed E-state index contributed by atoms with van der Waals surface area (Å²) in [5.74, 6) is 0.835. The Morgan fingerprint density at radius 2 is 2.29 bits per heavy atom. The number of rotatable bonds is 3. The molecule has 1 N–H and O–H groups in total. The molecule has 0 amide bonds. The van der Waals surface area contributed by atoms with Crippen LogP contribution in [0.2, 0.25) is 0 Å². The van der Waals surface area contributed by atoms with E-state index >= 15 is 0 Å². The van der Waals surface area contributed by atoms with Crippen molar-refractivity contribution in [3.05, 3.63) is 29.3 Å². The molecule has 2 nitrogen and oxygen atoms in total. The van der Waals surface area contributed by atoms with Gasteiger partial charge in [-0.1, -0.05) is 12.1 Å². The summed E-state index contributed by atoms with van der Waals surface area (Å²) >= 11 is 0. The van der Waals surface area contributed by atoms with Crippen LogP contribution in [-0.2, 0) is 0 Å². The van der Waals surface area contributed by atoms with Gasteiger partial charge in [-0.15, -0.1) is 0 Å². The van der Waals surface area contributed by atoms with Crippen molar-refractivity contribution in [2.24, 2.45) is 5.92 Å². The second-order valence-electron chi connectivity index (χ2n) is 3.93. The van der Waals surface area contributed by atoms with Crippen LogP contribution in [0.25, 0.3) is 0 Å². The molecule has 14 heavy (non-hydrogen) atoms. The van der Waals surface area contributed by atoms with Crippen LogP contribution in [0.4, 0.5) is 5.69 Å². The summed E-state index contributed by atoms with van der Waals surface area (Å²) in [6.45, 7) is 2.99. The maximum atomic E-state index is 8.99. The third-order valence-electron chi connectivity index (χ3n) is 2.66. The Bertz CT molecular complexity index is 372. The van der Waals surface area contributed by atoms with Crippen molar-refractivity contribution >= 4 is 5.69 Å². The zero-order chi connectivity index (χ0) is 9.97. The lowest BCUT2D eigenvalue weighted by molar-refractivity contribution is 0.888. The van der Waals surface area contributed by atoms with Gasteiger partial charge in [0.05, 0.1) is 11.3 Å². The summed E-state index contributed by atoms with van der Waals surface area (Å²) in [4.78, 5) is 0. The Morgan fingerprint density at radius 1 is 1.50 bits per heavy atom. The molecule has 2 rings (SSSR count). The number of anilines is 1. The van der Waals surface area contributed by atoms with Crippen LogP contribution in [0, 0.1) is 24.2 Å². The molecule has 0 aromatic heterocycles. The zero-order valence-corrected chi connectivity index (χ0v) is 8.38. The number of aryl methyl sites for hydroxylation is 1. The van der Waals surface area contributed by atoms with Gasteiger partial charge in [0.25, 0.3) is 0 Å². The van der Waals surface area contributed by atoms with Crippen LogP contribution in [0.15, 0.2) is 18.2 Å². The van der Waals surface area contributed by atoms with Gasteiger partial charge in [0.1, 0.15) is 6.07 Å². The van der Waals surface area contributed by atoms with E-state index < -0.39 is 0 Å². The first-order chi connectivity index (χ1) is 6.81. The average molecular weight is 186 g/mol. The lowest BCUT2D eigenvalue weighted by Gasteiger charge is -2.08. The van der Waals surface area contributed by atoms with Crippen LogP contribution < -0.4 is 5.32 Å². The van der Waals surface area contributed by atoms with E-state index in [0.717, 1.165) is 29.3 Å². The van der Waals surface area contributed by atoms with Crippen molar-refractivity contribution in [2.75, 3.05) is 11.9 Å². The molecule has 1 aliphatic carbocycles. The van der Waals surface area contributed by atoms with E-state index in [9.17, 15) is 0 Å². The highest BCUT2D eigenvalue weighted by molar-refractivity contribution is 5.60. The van der Waals surface area contributed by atoms with Gasteiger partial charge >= 0.3 is 0 Å². The number of nitrogens with zero attached hydrogens (tertiary/aromatic N) is 1. The third kappa shape index (κ3) is 1.88. The van der Waals surface area contributed by atoms with E-state index in [4.69, 9.17) is 5.26 Å². The SMILES string of the molecule is Cc1cccc(NCC2CC2)c1C#N. The summed E-state index contributed by atoms with van der Waals surface area (Å²) in [6.07, 6.45) is 2.67. The molecule has 0 radical (unpaired) electrons. The predicted octanol–water partition coefficient (Wildman–Crippen LogP) is 2.69. The molecule has 0 bridgehead atoms. The maximum Gasteiger partial charge on any atom is 0.102 e. The highest BCUT2D eigenvalue weighted by Gasteiger charge is 2.20. The predicted molar refractivity (Wildman–Crippen MR) is 57.1 cm³/mol. The second-order valence-corrected chi connectivity index (χ2v) is 3.93. The van der Waals surface area contributed by atoms with Crippen LogP contribution in [0.1, 0.15) is 24.0 Å². The fourth-order valence-electron chi connectivity index (χ4n) is 1.54. The molecule has 0 heterocycles. The normalized spacial score (nSPS) is 14.9. The monoisotopic (exact) mass is 186 g/mol. The van der Waals surface area contributed by atoms with Crippen molar-refractivity contribution in [3.63, 3.8) is 0 Å². The number of benzene rings is 1. The molecule has 1 aromatic carbocycles. The summed E-state index contributed by atoms with van der Waals surface area (Å²) in [5, 5.41) is 12.3. The van der Waals surface area contributed by atoms with Crippen molar-refractivity contribution in [1.29, 1.82) is 5.26 Å². The Hall–Kier alpha value is -1.49. The van der Waals surface area contributed by atoms with Gasteiger partial charge in [0.15, 0.2) is 0 Å². The molecular formula is C12H14N2. The van der Waals surface area contributed by atoms with Crippen molar-refractivity contribution in [1.82, 2.24) is 0 Å². The minimum Gasteiger partial charge on any atom is -0.384 e. The summed E-state index contributed by atoms with van der Waals surface area (Å²) in [6, 6.07) is 8.19. The molecule has 1 saturated carbocycles. The second kappa shape index (κ2) is 3.71. The standard InChI is InChI=1S/C12H14N2/c1-9-3-2-4-12(11(9)7-13)14-8-10-5-6-10/h2-4,10,14H,5-6,8H2,1H3. The van der Waals surface area contributed by atoms with Crippen molar-refractivity contribution in [3.8, 4) is 6.07 Å². The molecule has 1 fully saturated rings. The number of nitriles is 1. The zero-order valence-electron chi connectivity index (χ0n) is 8.38. The van der Waals surface area contributed by atoms with Crippen molar-refractivity contribution < 1.29 is 0 Å². The Kier molecular flexibility index (Phi) is 2.41. The molecule has 1 aliphatic rings. The molecule has 1 aromatic rings. The van der Waals surface area contributed by atoms with E-state index in [1.807, 2.05) is 25.1 Å². The lowest BCUT2D eigenvalue weighted by Crippen LogP contribution is -2.05. The van der Waals surface area contributed by atoms with Crippen LogP contribution in [-0.4, -0.2) is 6.54 Å². The summed E-state index contributed by atoms with van der Waals surface area (Å²) in [7, 11) is 0. The third-order valence-corrected chi connectivity index (χ3v) is 2.66. The first-order valence-electron chi connectivity index (χ1n) is 5.05. The largest absolute Gasteiger partial charge is 0.384 e. The van der Waals surface area contributed by atoms with Crippen LogP contribution in [0.5, 0.6) is 0 Å². The van der Waals surface area contributed by atoms with Gasteiger partial charge in [-0.25, -0.2) is 0 Å². The topological polar surface area (TPSA) is 35.8 Å². The molecule has 72 valence electrons. The lowest BCUT2D eigenvalue weighted by atomic mass is 10.1. The van der Waals surface area contributed by atoms with Gasteiger partial charge in [0, 0.05) is 6.54 Å². The molecule has 0 aliphatic heterocycles. The molecular weight excluding hydrogens is 172 g/mol. The van der Waals surface area contributed by atoms with Gasteiger partial charge in [0.2, 0.25) is 0 Å². The summed E-state index contributed by atoms with van der Waals surface area (Å²) in [5.41, 5.74) is 2.82. The maximum absolute atomic E-state index is 8.99. The van der Waals surface area contributed by atoms with E-state index in [2.05, 4.69) is 11.4 Å². The first kappa shape index (κ1) is 9.08. The molecule has 0 saturated heterocycles.